The molecule has 2 aliphatic heterocycles. The van der Waals surface area contributed by atoms with Gasteiger partial charge in [0.15, 0.2) is 17.4 Å². The highest BCUT2D eigenvalue weighted by Crippen LogP contribution is 2.41. The summed E-state index contributed by atoms with van der Waals surface area (Å²) in [6.07, 6.45) is 2.85. The average molecular weight is 580 g/mol. The number of carbonyl (C=O) groups excluding carboxylic acids is 3. The van der Waals surface area contributed by atoms with Crippen LogP contribution in [0.15, 0.2) is 21.9 Å². The van der Waals surface area contributed by atoms with Crippen molar-refractivity contribution in [1.29, 1.82) is 0 Å². The smallest absolute Gasteiger partial charge is 0.278 e. The molecule has 2 aromatic rings. The van der Waals surface area contributed by atoms with Crippen LogP contribution in [0.25, 0.3) is 0 Å². The Morgan fingerprint density at radius 3 is 2.92 bits per heavy atom. The number of nitrogen functional groups attached to an aromatic ring is 1. The number of aromatic nitrogens is 3. The lowest BCUT2D eigenvalue weighted by molar-refractivity contribution is -0.692. The predicted octanol–water partition coefficient (Wildman–Crippen LogP) is -0.662. The fourth-order valence-corrected chi connectivity index (χ4v) is 7.65. The maximum atomic E-state index is 13.1. The van der Waals surface area contributed by atoms with Crippen LogP contribution >= 0.6 is 34.6 Å². The summed E-state index contributed by atoms with van der Waals surface area (Å²) in [4.78, 5) is 49.7. The molecule has 5 rings (SSSR count). The minimum Gasteiger partial charge on any atom is -0.543 e. The Hall–Kier alpha value is -3.08. The zero-order valence-electron chi connectivity index (χ0n) is 20.5. The van der Waals surface area contributed by atoms with Crippen molar-refractivity contribution in [2.75, 3.05) is 25.2 Å². The Morgan fingerprint density at radius 2 is 2.24 bits per heavy atom. The molecule has 1 saturated heterocycles. The normalized spacial score (nSPS) is 23.0. The molecule has 0 spiro atoms. The summed E-state index contributed by atoms with van der Waals surface area (Å²) in [6.45, 7) is 2.22. The molecule has 3 N–H and O–H groups in total. The van der Waals surface area contributed by atoms with Gasteiger partial charge in [-0.1, -0.05) is 16.5 Å². The molecule has 1 fully saturated rings. The number of thioether (sulfide) groups is 1. The molecule has 2 aromatic heterocycles. The number of methoxy groups -OCH3 is 1. The van der Waals surface area contributed by atoms with Gasteiger partial charge in [-0.2, -0.15) is 13.9 Å². The van der Waals surface area contributed by atoms with Crippen molar-refractivity contribution in [2.45, 2.75) is 50.3 Å². The number of ether oxygens (including phenoxy) is 1. The van der Waals surface area contributed by atoms with Crippen LogP contribution < -0.4 is 20.7 Å². The summed E-state index contributed by atoms with van der Waals surface area (Å²) < 4.78 is 11.6. The number of β-lactam (4-membered cyclic amide) rings is 1. The number of thiazole rings is 1. The van der Waals surface area contributed by atoms with Gasteiger partial charge in [-0.3, -0.25) is 14.5 Å². The van der Waals surface area contributed by atoms with E-state index in [1.165, 1.54) is 16.7 Å². The number of rotatable bonds is 9. The minimum absolute atomic E-state index is 0.0252. The van der Waals surface area contributed by atoms with Gasteiger partial charge in [-0.15, -0.1) is 11.8 Å². The number of carboxylic acids is 1. The van der Waals surface area contributed by atoms with Crippen LogP contribution in [-0.4, -0.2) is 68.6 Å². The third-order valence-electron chi connectivity index (χ3n) is 6.44. The monoisotopic (exact) mass is 579 g/mol. The molecule has 3 aliphatic rings. The molecule has 0 bridgehead atoms. The zero-order valence-corrected chi connectivity index (χ0v) is 23.0. The highest BCUT2D eigenvalue weighted by atomic mass is 32.2. The van der Waals surface area contributed by atoms with E-state index in [1.54, 1.807) is 25.4 Å². The number of nitrogens with zero attached hydrogens (tertiary/aromatic N) is 5. The quantitative estimate of drug-likeness (QED) is 0.168. The first kappa shape index (κ1) is 26.5. The van der Waals surface area contributed by atoms with Gasteiger partial charge >= 0.3 is 0 Å². The first-order valence-electron chi connectivity index (χ1n) is 11.8. The molecule has 1 aliphatic carbocycles. The second-order valence-corrected chi connectivity index (χ2v) is 11.5. The molecule has 4 heterocycles. The largest absolute Gasteiger partial charge is 0.543 e. The fourth-order valence-electron chi connectivity index (χ4n) is 4.72. The Labute approximate surface area is 229 Å². The number of fused-ring (bicyclic) bond motifs is 2. The van der Waals surface area contributed by atoms with Crippen molar-refractivity contribution in [3.05, 3.63) is 33.2 Å². The molecular weight excluding hydrogens is 554 g/mol. The maximum Gasteiger partial charge on any atom is 0.278 e. The Morgan fingerprint density at radius 1 is 1.42 bits per heavy atom. The van der Waals surface area contributed by atoms with Crippen molar-refractivity contribution in [3.63, 3.8) is 0 Å². The van der Waals surface area contributed by atoms with Crippen molar-refractivity contribution in [2.24, 2.45) is 5.16 Å². The van der Waals surface area contributed by atoms with Gasteiger partial charge in [0.05, 0.1) is 17.8 Å². The maximum absolute atomic E-state index is 13.1. The number of aliphatic carboxylic acids is 1. The zero-order chi connectivity index (χ0) is 27.0. The summed E-state index contributed by atoms with van der Waals surface area (Å²) in [7, 11) is 1.69. The molecule has 0 radical (unpaired) electrons. The number of carboxylic acid groups (broad SMARTS) is 1. The van der Waals surface area contributed by atoms with Gasteiger partial charge < -0.3 is 30.5 Å². The molecule has 0 saturated carbocycles. The summed E-state index contributed by atoms with van der Waals surface area (Å²) >= 11 is 3.86. The number of oxime groups is 1. The van der Waals surface area contributed by atoms with Gasteiger partial charge in [0.1, 0.15) is 22.9 Å². The number of nitrogens with two attached hydrogens (primary N) is 1. The highest BCUT2D eigenvalue weighted by Gasteiger charge is 2.53. The molecule has 2 amide bonds. The van der Waals surface area contributed by atoms with Gasteiger partial charge in [-0.25, -0.2) is 0 Å². The Balaban J connectivity index is 1.35. The number of anilines is 1. The number of amides is 2. The number of nitrogens with one attached hydrogen (secondary N) is 1. The predicted molar refractivity (Wildman–Crippen MR) is 137 cm³/mol. The number of hydrogen-bond acceptors (Lipinski definition) is 13. The molecule has 3 atom stereocenters. The second-order valence-electron chi connectivity index (χ2n) is 8.69. The van der Waals surface area contributed by atoms with E-state index in [9.17, 15) is 19.5 Å². The summed E-state index contributed by atoms with van der Waals surface area (Å²) in [5, 5.41) is 18.2. The van der Waals surface area contributed by atoms with Gasteiger partial charge in [-0.05, 0) is 19.8 Å². The number of hydrogen-bond donors (Lipinski definition) is 2. The van der Waals surface area contributed by atoms with Crippen LogP contribution in [0.2, 0.25) is 0 Å². The van der Waals surface area contributed by atoms with Crippen molar-refractivity contribution in [1.82, 2.24) is 19.6 Å². The van der Waals surface area contributed by atoms with Crippen LogP contribution in [0, 0.1) is 0 Å². The van der Waals surface area contributed by atoms with Gasteiger partial charge in [0.25, 0.3) is 11.8 Å². The topological polar surface area (TPSA) is 176 Å². The third-order valence-corrected chi connectivity index (χ3v) is 9.43. The lowest BCUT2D eigenvalue weighted by Gasteiger charge is -2.50. The van der Waals surface area contributed by atoms with Crippen molar-refractivity contribution < 1.29 is 33.6 Å². The molecule has 16 heteroatoms. The first-order valence-corrected chi connectivity index (χ1v) is 14.5. The van der Waals surface area contributed by atoms with Crippen LogP contribution in [-0.2, 0) is 36.9 Å². The fraction of sp³-hybridized carbons (Fsp3) is 0.500. The first-order chi connectivity index (χ1) is 18.3. The molecule has 38 heavy (non-hydrogen) atoms. The number of carbonyl (C=O) groups is 3. The standard InChI is InChI=1S/C22H25N7O6S3/c1-3-35-26-13(17-25-22(23)38-27-17)18(30)24-14-19(31)29-15(21(32)33)10(8-36-20(14)29)7-28-9-37-16-11(28)5-4-6-12(16)34-2/h9,12,14,20H,3-8H2,1-2H3,(H3-,23,24,25,27,30,32,33)/b26-13-/t12?,14-,20+/m1/s1. The van der Waals surface area contributed by atoms with E-state index in [-0.39, 0.29) is 35.1 Å². The SMILES string of the molecule is CCO/N=C(\C(=O)N[C@@H]1C(=O)N2C(C(=O)[O-])=C(C[n+]3csc4c3CCCC4OC)CS[C@@H]12)c1nsc(N)n1. The minimum atomic E-state index is -1.43. The summed E-state index contributed by atoms with van der Waals surface area (Å²) in [5.74, 6) is -2.37. The van der Waals surface area contributed by atoms with E-state index >= 15 is 0 Å². The molecular formula is C22H25N7O6S3. The third kappa shape index (κ3) is 4.76. The summed E-state index contributed by atoms with van der Waals surface area (Å²) in [5.41, 5.74) is 8.93. The molecule has 202 valence electrons. The van der Waals surface area contributed by atoms with E-state index in [1.807, 2.05) is 10.1 Å². The van der Waals surface area contributed by atoms with Crippen LogP contribution in [0.5, 0.6) is 0 Å². The van der Waals surface area contributed by atoms with E-state index in [4.69, 9.17) is 15.3 Å². The van der Waals surface area contributed by atoms with E-state index in [2.05, 4.69) is 19.8 Å². The Kier molecular flexibility index (Phi) is 7.65. The second kappa shape index (κ2) is 11.0. The molecule has 1 unspecified atom stereocenters. The van der Waals surface area contributed by atoms with Crippen LogP contribution in [0.3, 0.4) is 0 Å². The van der Waals surface area contributed by atoms with Crippen LogP contribution in [0.1, 0.15) is 42.3 Å². The molecule has 13 nitrogen and oxygen atoms in total. The molecule has 0 aromatic carbocycles. The van der Waals surface area contributed by atoms with E-state index < -0.39 is 29.2 Å². The summed E-state index contributed by atoms with van der Waals surface area (Å²) in [6, 6.07) is -0.963. The highest BCUT2D eigenvalue weighted by molar-refractivity contribution is 8.00. The van der Waals surface area contributed by atoms with Gasteiger partial charge in [0.2, 0.25) is 17.0 Å². The van der Waals surface area contributed by atoms with Crippen molar-refractivity contribution >= 4 is 63.3 Å². The lowest BCUT2D eigenvalue weighted by atomic mass is 9.99. The average Bonchev–Trinajstić information content (AvgIpc) is 3.53. The Bertz CT molecular complexity index is 1340. The van der Waals surface area contributed by atoms with Crippen molar-refractivity contribution in [3.8, 4) is 0 Å². The van der Waals surface area contributed by atoms with Gasteiger partial charge in [0, 0.05) is 36.4 Å². The van der Waals surface area contributed by atoms with Crippen LogP contribution in [0.4, 0.5) is 5.13 Å². The van der Waals surface area contributed by atoms with E-state index in [0.29, 0.717) is 17.9 Å². The van der Waals surface area contributed by atoms with E-state index in [0.717, 1.165) is 41.4 Å². The lowest BCUT2D eigenvalue weighted by Crippen LogP contribution is -2.71.